The Morgan fingerprint density at radius 3 is 2.60 bits per heavy atom. The number of halogens is 1. The first kappa shape index (κ1) is 10.2. The van der Waals surface area contributed by atoms with Crippen molar-refractivity contribution >= 4 is 29.0 Å². The number of ketones is 1. The molecule has 0 unspecified atom stereocenters. The van der Waals surface area contributed by atoms with Gasteiger partial charge in [-0.2, -0.15) is 0 Å². The van der Waals surface area contributed by atoms with Crippen molar-refractivity contribution in [1.29, 1.82) is 0 Å². The fraction of sp³-hybridized carbons (Fsp3) is 0.273. The third-order valence-electron chi connectivity index (χ3n) is 2.44. The van der Waals surface area contributed by atoms with Crippen LogP contribution in [0.15, 0.2) is 18.2 Å². The van der Waals surface area contributed by atoms with Crippen LogP contribution < -0.4 is 4.90 Å². The molecule has 0 aromatic heterocycles. The van der Waals surface area contributed by atoms with Crippen molar-refractivity contribution < 1.29 is 9.59 Å². The molecule has 1 heterocycles. The Labute approximate surface area is 92.6 Å². The first-order valence-corrected chi connectivity index (χ1v) is 5.04. The van der Waals surface area contributed by atoms with Crippen molar-refractivity contribution in [2.75, 3.05) is 11.4 Å². The molecule has 15 heavy (non-hydrogen) atoms. The molecule has 3 nitrogen and oxygen atoms in total. The monoisotopic (exact) mass is 223 g/mol. The molecule has 1 aromatic carbocycles. The van der Waals surface area contributed by atoms with E-state index in [4.69, 9.17) is 11.6 Å². The number of nitrogens with zero attached hydrogens (tertiary/aromatic N) is 1. The molecule has 0 radical (unpaired) electrons. The summed E-state index contributed by atoms with van der Waals surface area (Å²) in [6, 6.07) is 5.42. The lowest BCUT2D eigenvalue weighted by atomic mass is 10.2. The van der Waals surface area contributed by atoms with Crippen molar-refractivity contribution in [3.8, 4) is 0 Å². The maximum absolute atomic E-state index is 11.5. The summed E-state index contributed by atoms with van der Waals surface area (Å²) in [5, 5.41) is 0.512. The molecule has 0 atom stereocenters. The Morgan fingerprint density at radius 2 is 2.07 bits per heavy atom. The fourth-order valence-corrected chi connectivity index (χ4v) is 2.08. The molecule has 4 heteroatoms. The van der Waals surface area contributed by atoms with Crippen LogP contribution in [0.4, 0.5) is 5.69 Å². The second-order valence-electron chi connectivity index (χ2n) is 3.60. The fourth-order valence-electron chi connectivity index (χ4n) is 1.75. The van der Waals surface area contributed by atoms with Gasteiger partial charge in [-0.05, 0) is 18.6 Å². The summed E-state index contributed by atoms with van der Waals surface area (Å²) < 4.78 is 0. The quantitative estimate of drug-likeness (QED) is 0.683. The number of amides is 1. The highest BCUT2D eigenvalue weighted by Crippen LogP contribution is 2.31. The molecular formula is C11H10ClNO2. The van der Waals surface area contributed by atoms with E-state index in [-0.39, 0.29) is 24.7 Å². The van der Waals surface area contributed by atoms with E-state index in [1.165, 1.54) is 4.90 Å². The van der Waals surface area contributed by atoms with E-state index in [0.717, 1.165) is 5.56 Å². The van der Waals surface area contributed by atoms with Gasteiger partial charge in [0.2, 0.25) is 5.91 Å². The summed E-state index contributed by atoms with van der Waals surface area (Å²) in [5.41, 5.74) is 1.57. The van der Waals surface area contributed by atoms with Crippen molar-refractivity contribution in [2.24, 2.45) is 0 Å². The lowest BCUT2D eigenvalue weighted by Gasteiger charge is -2.18. The minimum Gasteiger partial charge on any atom is -0.303 e. The number of hydrogen-bond acceptors (Lipinski definition) is 2. The summed E-state index contributed by atoms with van der Waals surface area (Å²) in [6.45, 7) is 2.01. The zero-order chi connectivity index (χ0) is 11.0. The number of aryl methyl sites for hydroxylation is 1. The number of rotatable bonds is 1. The Balaban J connectivity index is 2.46. The number of Topliss-reactive ketones (excluding diaryl/α,β-unsaturated/α-hetero) is 1. The molecule has 1 amide bonds. The van der Waals surface area contributed by atoms with Crippen molar-refractivity contribution in [3.63, 3.8) is 0 Å². The zero-order valence-electron chi connectivity index (χ0n) is 8.29. The number of carbonyl (C=O) groups excluding carboxylic acids is 2. The molecule has 1 fully saturated rings. The van der Waals surface area contributed by atoms with Crippen LogP contribution in [0.5, 0.6) is 0 Å². The summed E-state index contributed by atoms with van der Waals surface area (Å²) in [4.78, 5) is 24.1. The number of hydrogen-bond donors (Lipinski definition) is 0. The number of carbonyl (C=O) groups is 2. The molecule has 1 aliphatic heterocycles. The van der Waals surface area contributed by atoms with E-state index >= 15 is 0 Å². The Bertz CT molecular complexity index is 422. The van der Waals surface area contributed by atoms with E-state index in [0.29, 0.717) is 10.7 Å². The predicted molar refractivity (Wildman–Crippen MR) is 58.2 cm³/mol. The van der Waals surface area contributed by atoms with Crippen molar-refractivity contribution in [3.05, 3.63) is 28.8 Å². The van der Waals surface area contributed by atoms with Gasteiger partial charge >= 0.3 is 0 Å². The molecule has 1 aromatic rings. The normalized spacial score (nSPS) is 16.3. The van der Waals surface area contributed by atoms with Crippen LogP contribution in [-0.4, -0.2) is 18.2 Å². The van der Waals surface area contributed by atoms with Crippen LogP contribution in [-0.2, 0) is 9.59 Å². The summed E-state index contributed by atoms with van der Waals surface area (Å²) in [5.74, 6) is -0.226. The molecule has 1 saturated heterocycles. The van der Waals surface area contributed by atoms with Crippen LogP contribution >= 0.6 is 11.6 Å². The highest BCUT2D eigenvalue weighted by atomic mass is 35.5. The Kier molecular flexibility index (Phi) is 2.49. The number of benzene rings is 1. The third-order valence-corrected chi connectivity index (χ3v) is 2.75. The molecular weight excluding hydrogens is 214 g/mol. The minimum absolute atomic E-state index is 0.00926. The van der Waals surface area contributed by atoms with Gasteiger partial charge in [-0.25, -0.2) is 0 Å². The SMILES string of the molecule is Cc1cccc(Cl)c1N1CC(=O)CC1=O. The first-order chi connectivity index (χ1) is 7.09. The van der Waals surface area contributed by atoms with Crippen LogP contribution in [0.2, 0.25) is 5.02 Å². The van der Waals surface area contributed by atoms with Crippen LogP contribution in [0.1, 0.15) is 12.0 Å². The van der Waals surface area contributed by atoms with Gasteiger partial charge in [0.25, 0.3) is 0 Å². The summed E-state index contributed by atoms with van der Waals surface area (Å²) >= 11 is 6.02. The third kappa shape index (κ3) is 1.75. The van der Waals surface area contributed by atoms with Crippen molar-refractivity contribution in [2.45, 2.75) is 13.3 Å². The lowest BCUT2D eigenvalue weighted by Crippen LogP contribution is -2.25. The molecule has 0 spiro atoms. The van der Waals surface area contributed by atoms with Crippen LogP contribution in [0.3, 0.4) is 0 Å². The molecule has 0 bridgehead atoms. The van der Waals surface area contributed by atoms with Gasteiger partial charge in [0.1, 0.15) is 0 Å². The molecule has 0 saturated carbocycles. The van der Waals surface area contributed by atoms with Gasteiger partial charge in [0.15, 0.2) is 5.78 Å². The topological polar surface area (TPSA) is 37.4 Å². The minimum atomic E-state index is -0.170. The van der Waals surface area contributed by atoms with E-state index in [1.807, 2.05) is 19.1 Å². The van der Waals surface area contributed by atoms with Gasteiger partial charge in [-0.15, -0.1) is 0 Å². The Morgan fingerprint density at radius 1 is 1.33 bits per heavy atom. The summed E-state index contributed by atoms with van der Waals surface area (Å²) in [6.07, 6.45) is -0.00926. The number of para-hydroxylation sites is 1. The van der Waals surface area contributed by atoms with Gasteiger partial charge in [-0.3, -0.25) is 9.59 Å². The van der Waals surface area contributed by atoms with Gasteiger partial charge in [0, 0.05) is 0 Å². The zero-order valence-corrected chi connectivity index (χ0v) is 9.04. The lowest BCUT2D eigenvalue weighted by molar-refractivity contribution is -0.121. The number of anilines is 1. The average molecular weight is 224 g/mol. The van der Waals surface area contributed by atoms with Gasteiger partial charge < -0.3 is 4.90 Å². The molecule has 0 N–H and O–H groups in total. The molecule has 78 valence electrons. The van der Waals surface area contributed by atoms with E-state index in [1.54, 1.807) is 6.07 Å². The maximum Gasteiger partial charge on any atom is 0.234 e. The first-order valence-electron chi connectivity index (χ1n) is 4.67. The molecule has 1 aliphatic rings. The smallest absolute Gasteiger partial charge is 0.234 e. The van der Waals surface area contributed by atoms with Crippen molar-refractivity contribution in [1.82, 2.24) is 0 Å². The van der Waals surface area contributed by atoms with Crippen LogP contribution in [0.25, 0.3) is 0 Å². The predicted octanol–water partition coefficient (Wildman–Crippen LogP) is 1.95. The van der Waals surface area contributed by atoms with E-state index < -0.39 is 0 Å². The second kappa shape index (κ2) is 3.66. The largest absolute Gasteiger partial charge is 0.303 e. The second-order valence-corrected chi connectivity index (χ2v) is 4.01. The maximum atomic E-state index is 11.5. The van der Waals surface area contributed by atoms with E-state index in [9.17, 15) is 9.59 Å². The van der Waals surface area contributed by atoms with E-state index in [2.05, 4.69) is 0 Å². The highest BCUT2D eigenvalue weighted by Gasteiger charge is 2.30. The standard InChI is InChI=1S/C11H10ClNO2/c1-7-3-2-4-9(12)11(7)13-6-8(14)5-10(13)15/h2-4H,5-6H2,1H3. The summed E-state index contributed by atoms with van der Waals surface area (Å²) in [7, 11) is 0. The van der Waals surface area contributed by atoms with Gasteiger partial charge in [0.05, 0.1) is 23.7 Å². The highest BCUT2D eigenvalue weighted by molar-refractivity contribution is 6.34. The average Bonchev–Trinajstić information content (AvgIpc) is 2.45. The van der Waals surface area contributed by atoms with Crippen LogP contribution in [0, 0.1) is 6.92 Å². The Hall–Kier alpha value is -1.35. The molecule has 0 aliphatic carbocycles. The molecule has 2 rings (SSSR count). The van der Waals surface area contributed by atoms with Gasteiger partial charge in [-0.1, -0.05) is 23.7 Å².